The van der Waals surface area contributed by atoms with Gasteiger partial charge in [0.25, 0.3) is 0 Å². The lowest BCUT2D eigenvalue weighted by atomic mass is 10.1. The summed E-state index contributed by atoms with van der Waals surface area (Å²) in [6.45, 7) is 8.03. The summed E-state index contributed by atoms with van der Waals surface area (Å²) in [4.78, 5) is 0. The molecule has 0 saturated carbocycles. The monoisotopic (exact) mass is 224 g/mol. The van der Waals surface area contributed by atoms with Crippen LogP contribution >= 0.6 is 15.9 Å². The highest BCUT2D eigenvalue weighted by atomic mass is 79.9. The van der Waals surface area contributed by atoms with Gasteiger partial charge in [0, 0.05) is 4.47 Å². The van der Waals surface area contributed by atoms with Crippen LogP contribution in [0.1, 0.15) is 23.6 Å². The Kier molecular flexibility index (Phi) is 3.10. The largest absolute Gasteiger partial charge is 0.0985 e. The van der Waals surface area contributed by atoms with Gasteiger partial charge in [-0.05, 0) is 30.0 Å². The van der Waals surface area contributed by atoms with Gasteiger partial charge in [0.1, 0.15) is 0 Å². The molecule has 0 spiro atoms. The number of benzene rings is 1. The van der Waals surface area contributed by atoms with Gasteiger partial charge < -0.3 is 0 Å². The van der Waals surface area contributed by atoms with Gasteiger partial charge in [0.2, 0.25) is 0 Å². The van der Waals surface area contributed by atoms with E-state index in [0.717, 1.165) is 6.42 Å². The lowest BCUT2D eigenvalue weighted by Gasteiger charge is -2.06. The summed E-state index contributed by atoms with van der Waals surface area (Å²) >= 11 is 3.57. The van der Waals surface area contributed by atoms with E-state index < -0.39 is 0 Å². The second-order valence-corrected chi connectivity index (χ2v) is 3.66. The Morgan fingerprint density at radius 1 is 1.50 bits per heavy atom. The molecule has 12 heavy (non-hydrogen) atoms. The molecule has 0 nitrogen and oxygen atoms in total. The summed E-state index contributed by atoms with van der Waals surface area (Å²) < 4.78 is 1.23. The maximum absolute atomic E-state index is 3.76. The van der Waals surface area contributed by atoms with Crippen LogP contribution in [0.4, 0.5) is 0 Å². The molecule has 0 bridgehead atoms. The highest BCUT2D eigenvalue weighted by Gasteiger charge is 2.01. The molecule has 0 aliphatic rings. The average Bonchev–Trinajstić information content (AvgIpc) is 2.09. The van der Waals surface area contributed by atoms with Crippen molar-refractivity contribution >= 4 is 22.0 Å². The summed E-state index contributed by atoms with van der Waals surface area (Å²) in [5, 5.41) is 0. The third-order valence-corrected chi connectivity index (χ3v) is 3.10. The molecule has 1 aromatic rings. The van der Waals surface area contributed by atoms with Gasteiger partial charge in [-0.15, -0.1) is 0 Å². The molecule has 0 fully saturated rings. The molecule has 1 heteroatoms. The van der Waals surface area contributed by atoms with Crippen molar-refractivity contribution in [2.75, 3.05) is 0 Å². The first-order chi connectivity index (χ1) is 5.69. The van der Waals surface area contributed by atoms with Crippen LogP contribution in [-0.4, -0.2) is 0 Å². The molecule has 0 heterocycles. The van der Waals surface area contributed by atoms with Gasteiger partial charge >= 0.3 is 0 Å². The van der Waals surface area contributed by atoms with Crippen molar-refractivity contribution in [3.05, 3.63) is 39.9 Å². The van der Waals surface area contributed by atoms with Crippen LogP contribution in [0.5, 0.6) is 0 Å². The predicted octanol–water partition coefficient (Wildman–Crippen LogP) is 3.96. The maximum atomic E-state index is 3.76. The van der Waals surface area contributed by atoms with E-state index in [9.17, 15) is 0 Å². The van der Waals surface area contributed by atoms with E-state index in [-0.39, 0.29) is 0 Å². The summed E-state index contributed by atoms with van der Waals surface area (Å²) in [7, 11) is 0. The fraction of sp³-hybridized carbons (Fsp3) is 0.273. The second kappa shape index (κ2) is 3.90. The first kappa shape index (κ1) is 9.53. The predicted molar refractivity (Wildman–Crippen MR) is 58.3 cm³/mol. The zero-order valence-electron chi connectivity index (χ0n) is 7.52. The molecule has 0 aliphatic heterocycles. The molecule has 0 aromatic heterocycles. The first-order valence-electron chi connectivity index (χ1n) is 4.10. The van der Waals surface area contributed by atoms with Crippen molar-refractivity contribution in [1.29, 1.82) is 0 Å². The fourth-order valence-electron chi connectivity index (χ4n) is 1.25. The maximum Gasteiger partial charge on any atom is 0.0236 e. The molecule has 64 valence electrons. The summed E-state index contributed by atoms with van der Waals surface area (Å²) in [5.74, 6) is 0. The summed E-state index contributed by atoms with van der Waals surface area (Å²) in [6, 6.07) is 4.31. The summed E-state index contributed by atoms with van der Waals surface area (Å²) in [5.41, 5.74) is 3.83. The van der Waals surface area contributed by atoms with Crippen LogP contribution in [-0.2, 0) is 6.42 Å². The van der Waals surface area contributed by atoms with E-state index >= 15 is 0 Å². The Labute approximate surface area is 82.4 Å². The molecule has 0 radical (unpaired) electrons. The van der Waals surface area contributed by atoms with Crippen LogP contribution in [0.15, 0.2) is 23.2 Å². The topological polar surface area (TPSA) is 0 Å². The molecule has 0 saturated heterocycles. The molecule has 0 unspecified atom stereocenters. The number of rotatable bonds is 2. The van der Waals surface area contributed by atoms with Crippen molar-refractivity contribution in [1.82, 2.24) is 0 Å². The highest BCUT2D eigenvalue weighted by molar-refractivity contribution is 9.10. The second-order valence-electron chi connectivity index (χ2n) is 2.87. The van der Waals surface area contributed by atoms with Crippen molar-refractivity contribution in [3.8, 4) is 0 Å². The minimum absolute atomic E-state index is 1.06. The van der Waals surface area contributed by atoms with Crippen LogP contribution in [0.3, 0.4) is 0 Å². The van der Waals surface area contributed by atoms with Crippen LogP contribution in [0, 0.1) is 6.92 Å². The third kappa shape index (κ3) is 1.78. The van der Waals surface area contributed by atoms with Crippen molar-refractivity contribution in [2.24, 2.45) is 0 Å². The normalized spacial score (nSPS) is 9.92. The van der Waals surface area contributed by atoms with Gasteiger partial charge in [-0.3, -0.25) is 0 Å². The van der Waals surface area contributed by atoms with Gasteiger partial charge in [0.15, 0.2) is 0 Å². The van der Waals surface area contributed by atoms with E-state index in [1.807, 2.05) is 6.08 Å². The van der Waals surface area contributed by atoms with Gasteiger partial charge in [-0.1, -0.05) is 47.6 Å². The Morgan fingerprint density at radius 3 is 2.67 bits per heavy atom. The van der Waals surface area contributed by atoms with Crippen LogP contribution in [0.25, 0.3) is 6.08 Å². The van der Waals surface area contributed by atoms with Crippen molar-refractivity contribution in [2.45, 2.75) is 20.3 Å². The fourth-order valence-corrected chi connectivity index (χ4v) is 1.76. The van der Waals surface area contributed by atoms with Crippen molar-refractivity contribution < 1.29 is 0 Å². The van der Waals surface area contributed by atoms with Gasteiger partial charge in [-0.25, -0.2) is 0 Å². The average molecular weight is 225 g/mol. The molecular weight excluding hydrogens is 212 g/mol. The molecule has 1 aromatic carbocycles. The third-order valence-electron chi connectivity index (χ3n) is 1.97. The molecule has 0 amide bonds. The van der Waals surface area contributed by atoms with Gasteiger partial charge in [0.05, 0.1) is 0 Å². The lowest BCUT2D eigenvalue weighted by Crippen LogP contribution is -1.88. The van der Waals surface area contributed by atoms with E-state index in [0.29, 0.717) is 0 Å². The SMILES string of the molecule is C=Cc1cc(C)c(Br)c(CC)c1. The van der Waals surface area contributed by atoms with E-state index in [1.54, 1.807) is 0 Å². The van der Waals surface area contributed by atoms with Gasteiger partial charge in [-0.2, -0.15) is 0 Å². The highest BCUT2D eigenvalue weighted by Crippen LogP contribution is 2.24. The smallest absolute Gasteiger partial charge is 0.0236 e. The van der Waals surface area contributed by atoms with E-state index in [1.165, 1.54) is 21.2 Å². The number of hydrogen-bond acceptors (Lipinski definition) is 0. The molecule has 0 N–H and O–H groups in total. The summed E-state index contributed by atoms with van der Waals surface area (Å²) in [6.07, 6.45) is 2.95. The zero-order chi connectivity index (χ0) is 9.14. The number of halogens is 1. The quantitative estimate of drug-likeness (QED) is 0.714. The minimum Gasteiger partial charge on any atom is -0.0985 e. The van der Waals surface area contributed by atoms with E-state index in [4.69, 9.17) is 0 Å². The van der Waals surface area contributed by atoms with E-state index in [2.05, 4.69) is 48.5 Å². The van der Waals surface area contributed by atoms with Crippen molar-refractivity contribution in [3.63, 3.8) is 0 Å². The Hall–Kier alpha value is -0.560. The molecular formula is C11H13Br. The molecule has 0 atom stereocenters. The first-order valence-corrected chi connectivity index (χ1v) is 4.89. The molecule has 0 aliphatic carbocycles. The Morgan fingerprint density at radius 2 is 2.17 bits per heavy atom. The lowest BCUT2D eigenvalue weighted by molar-refractivity contribution is 1.11. The molecule has 1 rings (SSSR count). The minimum atomic E-state index is 1.06. The standard InChI is InChI=1S/C11H13Br/c1-4-9-6-8(3)11(12)10(5-2)7-9/h4,6-7H,1,5H2,2-3H3. The Bertz CT molecular complexity index is 300. The Balaban J connectivity index is 3.28. The van der Waals surface area contributed by atoms with Crippen LogP contribution in [0.2, 0.25) is 0 Å². The zero-order valence-corrected chi connectivity index (χ0v) is 9.11. The number of aryl methyl sites for hydroxylation is 2. The number of hydrogen-bond donors (Lipinski definition) is 0. The van der Waals surface area contributed by atoms with Crippen LogP contribution < -0.4 is 0 Å².